The van der Waals surface area contributed by atoms with Gasteiger partial charge in [-0.1, -0.05) is 54.5 Å². The summed E-state index contributed by atoms with van der Waals surface area (Å²) in [6.07, 6.45) is 0.708. The molecular formula is C17H14O2. The molecule has 2 rings (SSSR count). The van der Waals surface area contributed by atoms with E-state index >= 15 is 0 Å². The zero-order chi connectivity index (χ0) is 13.3. The minimum Gasteiger partial charge on any atom is -0.456 e. The third kappa shape index (κ3) is 4.69. The van der Waals surface area contributed by atoms with Crippen LogP contribution in [0, 0.1) is 11.8 Å². The largest absolute Gasteiger partial charge is 0.456 e. The van der Waals surface area contributed by atoms with Crippen molar-refractivity contribution >= 4 is 5.97 Å². The molecule has 2 aromatic rings. The second-order valence-electron chi connectivity index (χ2n) is 3.99. The number of hydrogen-bond donors (Lipinski definition) is 0. The van der Waals surface area contributed by atoms with Gasteiger partial charge in [0.05, 0.1) is 6.61 Å². The van der Waals surface area contributed by atoms with E-state index in [0.29, 0.717) is 13.0 Å². The summed E-state index contributed by atoms with van der Waals surface area (Å²) in [4.78, 5) is 11.4. The van der Waals surface area contributed by atoms with Crippen LogP contribution in [0.15, 0.2) is 60.7 Å². The number of carbonyl (C=O) groups is 1. The summed E-state index contributed by atoms with van der Waals surface area (Å²) < 4.78 is 5.06. The van der Waals surface area contributed by atoms with E-state index in [4.69, 9.17) is 4.74 Å². The third-order valence-corrected chi connectivity index (χ3v) is 2.55. The summed E-state index contributed by atoms with van der Waals surface area (Å²) in [5, 5.41) is 0. The van der Waals surface area contributed by atoms with Crippen molar-refractivity contribution in [2.45, 2.75) is 6.42 Å². The first-order valence-corrected chi connectivity index (χ1v) is 6.12. The fourth-order valence-corrected chi connectivity index (χ4v) is 1.59. The van der Waals surface area contributed by atoms with Gasteiger partial charge in [0, 0.05) is 17.9 Å². The zero-order valence-corrected chi connectivity index (χ0v) is 10.5. The molecule has 0 amide bonds. The van der Waals surface area contributed by atoms with Crippen LogP contribution in [0.2, 0.25) is 0 Å². The van der Waals surface area contributed by atoms with Crippen molar-refractivity contribution in [3.63, 3.8) is 0 Å². The van der Waals surface area contributed by atoms with E-state index in [-0.39, 0.29) is 0 Å². The fraction of sp³-hybridized carbons (Fsp3) is 0.118. The molecule has 0 radical (unpaired) electrons. The highest BCUT2D eigenvalue weighted by Crippen LogP contribution is 1.99. The smallest absolute Gasteiger partial charge is 0.384 e. The molecule has 2 heteroatoms. The molecule has 0 saturated carbocycles. The van der Waals surface area contributed by atoms with Crippen LogP contribution in [0.1, 0.15) is 11.1 Å². The highest BCUT2D eigenvalue weighted by atomic mass is 16.5. The molecule has 0 unspecified atom stereocenters. The SMILES string of the molecule is O=C(C#Cc1ccccc1)OCCc1ccccc1. The van der Waals surface area contributed by atoms with E-state index in [9.17, 15) is 4.79 Å². The lowest BCUT2D eigenvalue weighted by atomic mass is 10.2. The van der Waals surface area contributed by atoms with E-state index in [1.54, 1.807) is 0 Å². The molecule has 0 heterocycles. The van der Waals surface area contributed by atoms with Crippen molar-refractivity contribution in [3.05, 3.63) is 71.8 Å². The molecule has 2 nitrogen and oxygen atoms in total. The Morgan fingerprint density at radius 3 is 2.26 bits per heavy atom. The van der Waals surface area contributed by atoms with E-state index in [2.05, 4.69) is 11.8 Å². The fourth-order valence-electron chi connectivity index (χ4n) is 1.59. The molecule has 0 spiro atoms. The molecular weight excluding hydrogens is 236 g/mol. The Hall–Kier alpha value is -2.53. The van der Waals surface area contributed by atoms with Crippen LogP contribution in [0.5, 0.6) is 0 Å². The minimum absolute atomic E-state index is 0.353. The van der Waals surface area contributed by atoms with Gasteiger partial charge in [-0.3, -0.25) is 0 Å². The molecule has 0 atom stereocenters. The van der Waals surface area contributed by atoms with Crippen molar-refractivity contribution in [2.75, 3.05) is 6.61 Å². The molecule has 0 aliphatic heterocycles. The quantitative estimate of drug-likeness (QED) is 0.618. The van der Waals surface area contributed by atoms with Gasteiger partial charge in [0.15, 0.2) is 0 Å². The molecule has 19 heavy (non-hydrogen) atoms. The van der Waals surface area contributed by atoms with Gasteiger partial charge in [0.25, 0.3) is 0 Å². The van der Waals surface area contributed by atoms with E-state index in [1.165, 1.54) is 0 Å². The second-order valence-corrected chi connectivity index (χ2v) is 3.99. The van der Waals surface area contributed by atoms with Crippen LogP contribution in [0.25, 0.3) is 0 Å². The number of carbonyl (C=O) groups excluding carboxylic acids is 1. The average Bonchev–Trinajstić information content (AvgIpc) is 2.47. The van der Waals surface area contributed by atoms with Crippen LogP contribution < -0.4 is 0 Å². The van der Waals surface area contributed by atoms with Crippen LogP contribution in [0.3, 0.4) is 0 Å². The Balaban J connectivity index is 1.78. The highest BCUT2D eigenvalue weighted by Gasteiger charge is 1.97. The number of esters is 1. The summed E-state index contributed by atoms with van der Waals surface area (Å²) in [5.41, 5.74) is 1.95. The standard InChI is InChI=1S/C17H14O2/c18-17(12-11-15-7-3-1-4-8-15)19-14-13-16-9-5-2-6-10-16/h1-10H,13-14H2. The van der Waals surface area contributed by atoms with Gasteiger partial charge in [-0.15, -0.1) is 0 Å². The number of ether oxygens (including phenoxy) is 1. The topological polar surface area (TPSA) is 26.3 Å². The molecule has 94 valence electrons. The van der Waals surface area contributed by atoms with E-state index in [0.717, 1.165) is 11.1 Å². The molecule has 2 aromatic carbocycles. The van der Waals surface area contributed by atoms with Crippen molar-refractivity contribution < 1.29 is 9.53 Å². The summed E-state index contributed by atoms with van der Waals surface area (Å²) in [6, 6.07) is 19.3. The lowest BCUT2D eigenvalue weighted by Crippen LogP contribution is -2.05. The Kier molecular flexibility index (Phi) is 4.78. The van der Waals surface area contributed by atoms with Crippen molar-refractivity contribution in [1.82, 2.24) is 0 Å². The van der Waals surface area contributed by atoms with Crippen LogP contribution >= 0.6 is 0 Å². The monoisotopic (exact) mass is 250 g/mol. The molecule has 0 N–H and O–H groups in total. The highest BCUT2D eigenvalue weighted by molar-refractivity contribution is 5.89. The zero-order valence-electron chi connectivity index (χ0n) is 10.5. The van der Waals surface area contributed by atoms with Crippen molar-refractivity contribution in [3.8, 4) is 11.8 Å². The first-order chi connectivity index (χ1) is 9.34. The predicted octanol–water partition coefficient (Wildman–Crippen LogP) is 2.82. The lowest BCUT2D eigenvalue weighted by molar-refractivity contribution is -0.136. The first-order valence-electron chi connectivity index (χ1n) is 6.12. The summed E-state index contributed by atoms with van der Waals surface area (Å²) >= 11 is 0. The lowest BCUT2D eigenvalue weighted by Gasteiger charge is -2.00. The maximum atomic E-state index is 11.4. The van der Waals surface area contributed by atoms with Gasteiger partial charge < -0.3 is 4.74 Å². The Labute approximate surface area is 113 Å². The first kappa shape index (κ1) is 12.9. The molecule has 0 saturated heterocycles. The number of hydrogen-bond acceptors (Lipinski definition) is 2. The van der Waals surface area contributed by atoms with Crippen molar-refractivity contribution in [2.24, 2.45) is 0 Å². The normalized spacial score (nSPS) is 9.26. The second kappa shape index (κ2) is 7.03. The minimum atomic E-state index is -0.486. The molecule has 0 aliphatic rings. The van der Waals surface area contributed by atoms with Crippen LogP contribution in [0.4, 0.5) is 0 Å². The van der Waals surface area contributed by atoms with Gasteiger partial charge in [-0.2, -0.15) is 0 Å². The summed E-state index contributed by atoms with van der Waals surface area (Å²) in [5.74, 6) is 4.76. The summed E-state index contributed by atoms with van der Waals surface area (Å²) in [6.45, 7) is 0.353. The van der Waals surface area contributed by atoms with Gasteiger partial charge in [-0.05, 0) is 17.7 Å². The Morgan fingerprint density at radius 2 is 1.58 bits per heavy atom. The van der Waals surface area contributed by atoms with Crippen LogP contribution in [-0.4, -0.2) is 12.6 Å². The molecule has 0 bridgehead atoms. The maximum Gasteiger partial charge on any atom is 0.384 e. The Bertz CT molecular complexity index is 577. The molecule has 0 aromatic heterocycles. The molecule has 0 fully saturated rings. The van der Waals surface area contributed by atoms with Crippen LogP contribution in [-0.2, 0) is 16.0 Å². The van der Waals surface area contributed by atoms with Gasteiger partial charge >= 0.3 is 5.97 Å². The molecule has 0 aliphatic carbocycles. The van der Waals surface area contributed by atoms with Gasteiger partial charge in [0.2, 0.25) is 0 Å². The summed E-state index contributed by atoms with van der Waals surface area (Å²) in [7, 11) is 0. The van der Waals surface area contributed by atoms with Gasteiger partial charge in [-0.25, -0.2) is 4.79 Å². The number of benzene rings is 2. The average molecular weight is 250 g/mol. The third-order valence-electron chi connectivity index (χ3n) is 2.55. The van der Waals surface area contributed by atoms with Gasteiger partial charge in [0.1, 0.15) is 0 Å². The van der Waals surface area contributed by atoms with Crippen molar-refractivity contribution in [1.29, 1.82) is 0 Å². The van der Waals surface area contributed by atoms with E-state index < -0.39 is 5.97 Å². The van der Waals surface area contributed by atoms with E-state index in [1.807, 2.05) is 60.7 Å². The Morgan fingerprint density at radius 1 is 0.947 bits per heavy atom. The predicted molar refractivity (Wildman–Crippen MR) is 74.4 cm³/mol. The number of rotatable bonds is 3. The maximum absolute atomic E-state index is 11.4.